The second-order valence-corrected chi connectivity index (χ2v) is 9.17. The first kappa shape index (κ1) is 17.0. The zero-order chi connectivity index (χ0) is 19.1. The van der Waals surface area contributed by atoms with Gasteiger partial charge in [-0.25, -0.2) is 4.79 Å². The molecule has 2 nitrogen and oxygen atoms in total. The van der Waals surface area contributed by atoms with Gasteiger partial charge in [0.15, 0.2) is 19.9 Å². The highest BCUT2D eigenvalue weighted by atomic mass is 32.2. The van der Waals surface area contributed by atoms with Gasteiger partial charge in [0, 0.05) is 21.2 Å². The Labute approximate surface area is 166 Å². The fourth-order valence-electron chi connectivity index (χ4n) is 3.84. The van der Waals surface area contributed by atoms with E-state index in [1.807, 2.05) is 24.3 Å². The molecule has 0 aliphatic heterocycles. The Bertz CT molecular complexity index is 1180. The van der Waals surface area contributed by atoms with Crippen LogP contribution in [0, 0.1) is 12.3 Å². The van der Waals surface area contributed by atoms with E-state index in [-0.39, 0.29) is 16.4 Å². The van der Waals surface area contributed by atoms with Crippen LogP contribution in [0.2, 0.25) is 0 Å². The molecule has 0 saturated heterocycles. The molecule has 1 saturated carbocycles. The molecule has 0 spiro atoms. The predicted octanol–water partition coefficient (Wildman–Crippen LogP) is 6.44. The minimum absolute atomic E-state index is 0.158. The maximum atomic E-state index is 12.5. The predicted molar refractivity (Wildman–Crippen MR) is 116 cm³/mol. The number of hydrogen-bond acceptors (Lipinski definition) is 2. The molecule has 0 bridgehead atoms. The molecule has 0 radical (unpaired) electrons. The number of thiophene rings is 1. The lowest BCUT2D eigenvalue weighted by Gasteiger charge is -2.36. The van der Waals surface area contributed by atoms with Crippen molar-refractivity contribution in [3.05, 3.63) is 78.4 Å². The molecule has 3 aromatic carbocycles. The highest BCUT2D eigenvalue weighted by Crippen LogP contribution is 2.48. The summed E-state index contributed by atoms with van der Waals surface area (Å²) in [5, 5.41) is 2.59. The van der Waals surface area contributed by atoms with Crippen LogP contribution >= 0.6 is 10.5 Å². The van der Waals surface area contributed by atoms with Gasteiger partial charge in [0.1, 0.15) is 0 Å². The third-order valence-corrected chi connectivity index (χ3v) is 7.88. The van der Waals surface area contributed by atoms with Crippen molar-refractivity contribution in [3.8, 4) is 17.2 Å². The van der Waals surface area contributed by atoms with Gasteiger partial charge in [0.25, 0.3) is 0 Å². The molecule has 1 heterocycles. The summed E-state index contributed by atoms with van der Waals surface area (Å²) in [6.45, 7) is 0. The molecule has 0 N–H and O–H groups in total. The van der Waals surface area contributed by atoms with Crippen LogP contribution in [0.4, 0.5) is 0 Å². The van der Waals surface area contributed by atoms with E-state index in [0.717, 1.165) is 19.3 Å². The monoisotopic (exact) mass is 383 g/mol. The number of hydrogen-bond donors (Lipinski definition) is 0. The van der Waals surface area contributed by atoms with E-state index in [9.17, 15) is 4.79 Å². The number of carbonyl (C=O) groups is 1. The van der Waals surface area contributed by atoms with Crippen molar-refractivity contribution in [3.63, 3.8) is 0 Å². The molecule has 136 valence electrons. The first-order valence-corrected chi connectivity index (χ1v) is 10.7. The van der Waals surface area contributed by atoms with E-state index < -0.39 is 5.60 Å². The van der Waals surface area contributed by atoms with Crippen molar-refractivity contribution >= 4 is 36.6 Å². The Morgan fingerprint density at radius 2 is 1.46 bits per heavy atom. The molecule has 0 amide bonds. The summed E-state index contributed by atoms with van der Waals surface area (Å²) in [4.78, 5) is 13.7. The summed E-state index contributed by atoms with van der Waals surface area (Å²) in [5.74, 6) is 2.32. The first-order valence-electron chi connectivity index (χ1n) is 9.45. The molecular formula is C25H19O2S+. The van der Waals surface area contributed by atoms with E-state index >= 15 is 0 Å². The van der Waals surface area contributed by atoms with E-state index in [1.165, 1.54) is 25.1 Å². The summed E-state index contributed by atoms with van der Waals surface area (Å²) in [6.07, 6.45) is 8.09. The third-order valence-electron chi connectivity index (χ3n) is 5.54. The number of fused-ring (bicyclic) bond motifs is 3. The summed E-state index contributed by atoms with van der Waals surface area (Å²) < 4.78 is 8.28. The van der Waals surface area contributed by atoms with Crippen LogP contribution in [0.3, 0.4) is 0 Å². The van der Waals surface area contributed by atoms with Crippen LogP contribution in [0.5, 0.6) is 0 Å². The van der Waals surface area contributed by atoms with Gasteiger partial charge in [-0.2, -0.15) is 0 Å². The molecule has 4 aromatic rings. The van der Waals surface area contributed by atoms with Gasteiger partial charge in [0.05, 0.1) is 5.56 Å². The van der Waals surface area contributed by atoms with Crippen molar-refractivity contribution in [2.45, 2.75) is 24.9 Å². The molecule has 1 aliphatic carbocycles. The average Bonchev–Trinajstić information content (AvgIpc) is 3.05. The molecule has 1 fully saturated rings. The van der Waals surface area contributed by atoms with Gasteiger partial charge in [-0.3, -0.25) is 0 Å². The SMILES string of the molecule is C#CC1(OC(=O)c2ccc(-[s+]3c4ccccc4c4ccccc43)cc2)CCC1. The highest BCUT2D eigenvalue weighted by Gasteiger charge is 2.39. The second-order valence-electron chi connectivity index (χ2n) is 7.20. The zero-order valence-corrected chi connectivity index (χ0v) is 16.2. The van der Waals surface area contributed by atoms with E-state index in [0.29, 0.717) is 5.56 Å². The molecule has 1 aliphatic rings. The first-order chi connectivity index (χ1) is 13.7. The summed E-state index contributed by atoms with van der Waals surface area (Å²) in [7, 11) is -0.158. The normalized spacial score (nSPS) is 15.1. The Hall–Kier alpha value is -3.09. The Morgan fingerprint density at radius 1 is 0.893 bits per heavy atom. The maximum absolute atomic E-state index is 12.5. The standard InChI is InChI=1S/C25H19O2S/c1-2-25(16-7-17-25)27-24(26)18-12-14-19(15-13-18)28-22-10-5-3-8-20(22)21-9-4-6-11-23(21)28/h1,3-6,8-15H,7,16-17H2/q+1. The van der Waals surface area contributed by atoms with Gasteiger partial charge in [-0.05, 0) is 67.8 Å². The summed E-state index contributed by atoms with van der Waals surface area (Å²) in [5.41, 5.74) is -0.143. The van der Waals surface area contributed by atoms with Gasteiger partial charge < -0.3 is 4.74 Å². The Balaban J connectivity index is 1.54. The Kier molecular flexibility index (Phi) is 3.96. The molecule has 5 rings (SSSR count). The van der Waals surface area contributed by atoms with Crippen LogP contribution in [-0.4, -0.2) is 11.6 Å². The van der Waals surface area contributed by atoms with Crippen molar-refractivity contribution in [1.82, 2.24) is 0 Å². The van der Waals surface area contributed by atoms with Crippen molar-refractivity contribution in [1.29, 1.82) is 0 Å². The molecule has 0 atom stereocenters. The molecule has 0 unspecified atom stereocenters. The topological polar surface area (TPSA) is 26.3 Å². The van der Waals surface area contributed by atoms with Crippen LogP contribution in [0.1, 0.15) is 29.6 Å². The zero-order valence-electron chi connectivity index (χ0n) is 15.4. The smallest absolute Gasteiger partial charge is 0.339 e. The number of terminal acetylenes is 1. The molecule has 1 aromatic heterocycles. The van der Waals surface area contributed by atoms with Crippen molar-refractivity contribution in [2.75, 3.05) is 0 Å². The average molecular weight is 383 g/mol. The summed E-state index contributed by atoms with van der Waals surface area (Å²) >= 11 is 0. The highest BCUT2D eigenvalue weighted by molar-refractivity contribution is 7.50. The molecular weight excluding hydrogens is 364 g/mol. The quantitative estimate of drug-likeness (QED) is 0.231. The summed E-state index contributed by atoms with van der Waals surface area (Å²) in [6, 6.07) is 24.9. The number of benzene rings is 3. The lowest BCUT2D eigenvalue weighted by atomic mass is 9.81. The van der Waals surface area contributed by atoms with Crippen LogP contribution in [0.25, 0.3) is 25.1 Å². The molecule has 28 heavy (non-hydrogen) atoms. The number of esters is 1. The van der Waals surface area contributed by atoms with Crippen LogP contribution < -0.4 is 0 Å². The number of rotatable bonds is 3. The Morgan fingerprint density at radius 3 is 1.96 bits per heavy atom. The van der Waals surface area contributed by atoms with Gasteiger partial charge in [-0.1, -0.05) is 30.2 Å². The largest absolute Gasteiger partial charge is 0.442 e. The van der Waals surface area contributed by atoms with Gasteiger partial charge in [-0.15, -0.1) is 6.42 Å². The number of carbonyl (C=O) groups excluding carboxylic acids is 1. The van der Waals surface area contributed by atoms with Gasteiger partial charge >= 0.3 is 5.97 Å². The molecule has 3 heteroatoms. The minimum atomic E-state index is -0.694. The third kappa shape index (κ3) is 2.61. The van der Waals surface area contributed by atoms with Crippen molar-refractivity contribution in [2.24, 2.45) is 0 Å². The maximum Gasteiger partial charge on any atom is 0.339 e. The van der Waals surface area contributed by atoms with Gasteiger partial charge in [0.2, 0.25) is 0 Å². The van der Waals surface area contributed by atoms with E-state index in [2.05, 4.69) is 54.5 Å². The number of ether oxygens (including phenoxy) is 1. The van der Waals surface area contributed by atoms with Crippen LogP contribution in [-0.2, 0) is 4.74 Å². The lowest BCUT2D eigenvalue weighted by molar-refractivity contribution is -0.0257. The van der Waals surface area contributed by atoms with E-state index in [1.54, 1.807) is 0 Å². The minimum Gasteiger partial charge on any atom is -0.442 e. The fraction of sp³-hybridized carbons (Fsp3) is 0.160. The van der Waals surface area contributed by atoms with E-state index in [4.69, 9.17) is 11.2 Å². The van der Waals surface area contributed by atoms with Crippen LogP contribution in [0.15, 0.2) is 72.8 Å². The second kappa shape index (κ2) is 6.51. The lowest BCUT2D eigenvalue weighted by Crippen LogP contribution is -2.40. The fourth-order valence-corrected chi connectivity index (χ4v) is 6.22. The van der Waals surface area contributed by atoms with Crippen molar-refractivity contribution < 1.29 is 9.53 Å².